The molecule has 100 valence electrons. The van der Waals surface area contributed by atoms with Crippen molar-refractivity contribution in [2.45, 2.75) is 13.0 Å². The number of nitrogens with zero attached hydrogens (tertiary/aromatic N) is 1. The highest BCUT2D eigenvalue weighted by Gasteiger charge is 2.19. The van der Waals surface area contributed by atoms with Crippen LogP contribution in [-0.2, 0) is 0 Å². The van der Waals surface area contributed by atoms with Crippen molar-refractivity contribution in [1.29, 1.82) is 0 Å². The van der Waals surface area contributed by atoms with E-state index in [-0.39, 0.29) is 11.9 Å². The lowest BCUT2D eigenvalue weighted by Gasteiger charge is -2.21. The van der Waals surface area contributed by atoms with Crippen molar-refractivity contribution in [1.82, 2.24) is 10.3 Å². The Balaban J connectivity index is 2.51. The quantitative estimate of drug-likeness (QED) is 0.726. The molecule has 0 fully saturated rings. The molecule has 0 aliphatic heterocycles. The van der Waals surface area contributed by atoms with E-state index in [0.29, 0.717) is 5.56 Å². The molecular formula is C14H13BrFIN2. The maximum absolute atomic E-state index is 14.0. The fourth-order valence-electron chi connectivity index (χ4n) is 1.95. The van der Waals surface area contributed by atoms with Crippen LogP contribution in [-0.4, -0.2) is 11.5 Å². The molecule has 2 rings (SSSR count). The van der Waals surface area contributed by atoms with Crippen LogP contribution in [0.2, 0.25) is 0 Å². The van der Waals surface area contributed by atoms with Gasteiger partial charge in [-0.25, -0.2) is 4.39 Å². The van der Waals surface area contributed by atoms with Gasteiger partial charge in [-0.2, -0.15) is 0 Å². The van der Waals surface area contributed by atoms with Gasteiger partial charge in [-0.05, 0) is 59.0 Å². The molecule has 19 heavy (non-hydrogen) atoms. The molecule has 0 radical (unpaired) electrons. The van der Waals surface area contributed by atoms with Gasteiger partial charge in [0.15, 0.2) is 0 Å². The lowest BCUT2D eigenvalue weighted by atomic mass is 9.99. The third-order valence-corrected chi connectivity index (χ3v) is 4.27. The van der Waals surface area contributed by atoms with E-state index in [0.717, 1.165) is 20.2 Å². The van der Waals surface area contributed by atoms with Gasteiger partial charge < -0.3 is 5.32 Å². The van der Waals surface area contributed by atoms with Crippen molar-refractivity contribution in [3.8, 4) is 0 Å². The molecule has 0 amide bonds. The Kier molecular flexibility index (Phi) is 5.29. The largest absolute Gasteiger partial charge is 0.306 e. The second kappa shape index (κ2) is 6.76. The first-order valence-corrected chi connectivity index (χ1v) is 7.78. The molecule has 0 aliphatic carbocycles. The number of halogens is 3. The predicted molar refractivity (Wildman–Crippen MR) is 86.6 cm³/mol. The number of hydrogen-bond acceptors (Lipinski definition) is 2. The predicted octanol–water partition coefficient (Wildman–Crippen LogP) is 4.29. The molecule has 1 aromatic heterocycles. The van der Waals surface area contributed by atoms with Gasteiger partial charge in [-0.15, -0.1) is 0 Å². The van der Waals surface area contributed by atoms with Gasteiger partial charge in [0, 0.05) is 19.8 Å². The fraction of sp³-hybridized carbons (Fsp3) is 0.214. The number of pyridine rings is 1. The third kappa shape index (κ3) is 3.52. The molecule has 2 nitrogen and oxygen atoms in total. The summed E-state index contributed by atoms with van der Waals surface area (Å²) >= 11 is 5.74. The summed E-state index contributed by atoms with van der Waals surface area (Å²) in [7, 11) is 0. The Bertz CT molecular complexity index is 577. The van der Waals surface area contributed by atoms with Crippen molar-refractivity contribution in [3.63, 3.8) is 0 Å². The summed E-state index contributed by atoms with van der Waals surface area (Å²) in [5.74, 6) is -0.288. The van der Waals surface area contributed by atoms with Gasteiger partial charge in [0.1, 0.15) is 5.82 Å². The number of benzene rings is 1. The smallest absolute Gasteiger partial charge is 0.146 e. The Morgan fingerprint density at radius 2 is 2.16 bits per heavy atom. The van der Waals surface area contributed by atoms with Crippen LogP contribution in [0.25, 0.3) is 0 Å². The standard InChI is InChI=1S/C14H13BrFIN2/c1-2-19-14(10-5-6-18-8-12(10)16)11-7-9(15)3-4-13(11)17/h3-8,14,19H,2H2,1H3. The molecule has 0 spiro atoms. The topological polar surface area (TPSA) is 24.9 Å². The summed E-state index contributed by atoms with van der Waals surface area (Å²) in [5.41, 5.74) is 1.68. The molecule has 1 unspecified atom stereocenters. The summed E-state index contributed by atoms with van der Waals surface area (Å²) in [6, 6.07) is 7.58. The second-order valence-electron chi connectivity index (χ2n) is 4.05. The minimum Gasteiger partial charge on any atom is -0.306 e. The van der Waals surface area contributed by atoms with Gasteiger partial charge in [-0.3, -0.25) is 4.98 Å². The van der Waals surface area contributed by atoms with Crippen LogP contribution < -0.4 is 5.32 Å². The highest BCUT2D eigenvalue weighted by molar-refractivity contribution is 14.1. The zero-order chi connectivity index (χ0) is 13.8. The third-order valence-electron chi connectivity index (χ3n) is 2.79. The maximum atomic E-state index is 14.0. The first-order chi connectivity index (χ1) is 9.13. The Morgan fingerprint density at radius 1 is 1.37 bits per heavy atom. The van der Waals surface area contributed by atoms with E-state index in [1.165, 1.54) is 6.20 Å². The normalized spacial score (nSPS) is 12.4. The molecule has 5 heteroatoms. The summed E-state index contributed by atoms with van der Waals surface area (Å²) in [4.78, 5) is 3.81. The van der Waals surface area contributed by atoms with Crippen LogP contribution in [0.5, 0.6) is 0 Å². The average molecular weight is 435 g/mol. The molecule has 0 bridgehead atoms. The van der Waals surface area contributed by atoms with Crippen LogP contribution in [0.4, 0.5) is 4.39 Å². The molecule has 2 aromatic rings. The minimum atomic E-state index is -0.288. The minimum absolute atomic E-state index is 0.169. The van der Waals surface area contributed by atoms with Gasteiger partial charge in [0.25, 0.3) is 0 Å². The van der Waals surface area contributed by atoms with Gasteiger partial charge in [0.2, 0.25) is 0 Å². The van der Waals surface area contributed by atoms with Crippen molar-refractivity contribution < 1.29 is 4.39 Å². The Labute approximate surface area is 134 Å². The average Bonchev–Trinajstić information content (AvgIpc) is 2.40. The van der Waals surface area contributed by atoms with E-state index in [1.54, 1.807) is 12.3 Å². The number of rotatable bonds is 4. The van der Waals surface area contributed by atoms with Gasteiger partial charge in [0.05, 0.1) is 12.2 Å². The Morgan fingerprint density at radius 3 is 2.84 bits per heavy atom. The first kappa shape index (κ1) is 14.9. The molecule has 0 saturated heterocycles. The molecule has 1 heterocycles. The lowest BCUT2D eigenvalue weighted by molar-refractivity contribution is 0.553. The van der Waals surface area contributed by atoms with Crippen molar-refractivity contribution in [2.24, 2.45) is 0 Å². The van der Waals surface area contributed by atoms with Gasteiger partial charge in [-0.1, -0.05) is 22.9 Å². The van der Waals surface area contributed by atoms with E-state index >= 15 is 0 Å². The SMILES string of the molecule is CCNC(c1ccncc1F)c1cc(Br)ccc1I. The number of aromatic nitrogens is 1. The van der Waals surface area contributed by atoms with Crippen LogP contribution in [0.15, 0.2) is 41.1 Å². The zero-order valence-electron chi connectivity index (χ0n) is 10.3. The van der Waals surface area contributed by atoms with Crippen LogP contribution >= 0.6 is 38.5 Å². The van der Waals surface area contributed by atoms with E-state index in [1.807, 2.05) is 25.1 Å². The highest BCUT2D eigenvalue weighted by atomic mass is 127. The molecule has 1 atom stereocenters. The fourth-order valence-corrected chi connectivity index (χ4v) is 2.97. The molecule has 1 aromatic carbocycles. The molecular weight excluding hydrogens is 422 g/mol. The number of hydrogen-bond donors (Lipinski definition) is 1. The zero-order valence-corrected chi connectivity index (χ0v) is 14.1. The van der Waals surface area contributed by atoms with E-state index in [9.17, 15) is 4.39 Å². The number of nitrogens with one attached hydrogen (secondary N) is 1. The Hall–Kier alpha value is -0.530. The van der Waals surface area contributed by atoms with Crippen LogP contribution in [0, 0.1) is 9.39 Å². The van der Waals surface area contributed by atoms with E-state index in [2.05, 4.69) is 48.8 Å². The van der Waals surface area contributed by atoms with Crippen LogP contribution in [0.1, 0.15) is 24.1 Å². The van der Waals surface area contributed by atoms with E-state index in [4.69, 9.17) is 0 Å². The van der Waals surface area contributed by atoms with Crippen molar-refractivity contribution >= 4 is 38.5 Å². The summed E-state index contributed by atoms with van der Waals surface area (Å²) in [6.07, 6.45) is 2.87. The van der Waals surface area contributed by atoms with Crippen LogP contribution in [0.3, 0.4) is 0 Å². The molecule has 0 aliphatic rings. The summed E-state index contributed by atoms with van der Waals surface area (Å²) in [6.45, 7) is 2.77. The monoisotopic (exact) mass is 434 g/mol. The maximum Gasteiger partial charge on any atom is 0.146 e. The van der Waals surface area contributed by atoms with Crippen molar-refractivity contribution in [2.75, 3.05) is 6.54 Å². The second-order valence-corrected chi connectivity index (χ2v) is 6.13. The van der Waals surface area contributed by atoms with Crippen molar-refractivity contribution in [3.05, 3.63) is 61.6 Å². The van der Waals surface area contributed by atoms with E-state index < -0.39 is 0 Å². The first-order valence-electron chi connectivity index (χ1n) is 5.91. The summed E-state index contributed by atoms with van der Waals surface area (Å²) < 4.78 is 16.1. The molecule has 1 N–H and O–H groups in total. The summed E-state index contributed by atoms with van der Waals surface area (Å²) in [5, 5.41) is 3.33. The highest BCUT2D eigenvalue weighted by Crippen LogP contribution is 2.29. The van der Waals surface area contributed by atoms with Gasteiger partial charge >= 0.3 is 0 Å². The lowest BCUT2D eigenvalue weighted by Crippen LogP contribution is -2.24. The molecule has 0 saturated carbocycles.